The fourth-order valence-electron chi connectivity index (χ4n) is 4.61. The lowest BCUT2D eigenvalue weighted by Gasteiger charge is -2.21. The third-order valence-electron chi connectivity index (χ3n) is 6.45. The topological polar surface area (TPSA) is 91.3 Å². The standard InChI is InChI=1S/C29H33N3O3/c33-27(34)18-15-21-13-16-22(17-14-21)29(35)31-20-8-2-1-7-19-30-28-23-9-3-5-11-25(23)32-26-12-6-4-10-24(26)28/h3,5,9,11,13-18H,1-2,4,6-8,10,12,19-20H2,(H,30,32)(H,31,35)(H,33,34). The van der Waals surface area contributed by atoms with Gasteiger partial charge in [0.2, 0.25) is 0 Å². The van der Waals surface area contributed by atoms with E-state index in [0.717, 1.165) is 62.2 Å². The number of hydrogen-bond acceptors (Lipinski definition) is 4. The van der Waals surface area contributed by atoms with Gasteiger partial charge in [-0.2, -0.15) is 0 Å². The smallest absolute Gasteiger partial charge is 0.328 e. The second-order valence-corrected chi connectivity index (χ2v) is 9.03. The molecule has 0 saturated heterocycles. The van der Waals surface area contributed by atoms with Crippen molar-refractivity contribution >= 4 is 34.5 Å². The van der Waals surface area contributed by atoms with Crippen LogP contribution in [0.25, 0.3) is 17.0 Å². The van der Waals surface area contributed by atoms with Crippen LogP contribution in [0.2, 0.25) is 0 Å². The molecule has 3 N–H and O–H groups in total. The number of aliphatic carboxylic acids is 1. The maximum atomic E-state index is 12.3. The molecule has 1 amide bonds. The first-order valence-corrected chi connectivity index (χ1v) is 12.6. The molecule has 0 fully saturated rings. The number of fused-ring (bicyclic) bond motifs is 2. The Morgan fingerprint density at radius 1 is 0.914 bits per heavy atom. The fourth-order valence-corrected chi connectivity index (χ4v) is 4.61. The lowest BCUT2D eigenvalue weighted by Crippen LogP contribution is -2.24. The number of carboxylic acid groups (broad SMARTS) is 1. The summed E-state index contributed by atoms with van der Waals surface area (Å²) in [6.07, 6.45) is 11.4. The lowest BCUT2D eigenvalue weighted by molar-refractivity contribution is -0.131. The van der Waals surface area contributed by atoms with E-state index in [1.807, 2.05) is 0 Å². The van der Waals surface area contributed by atoms with Crippen molar-refractivity contribution < 1.29 is 14.7 Å². The highest BCUT2D eigenvalue weighted by molar-refractivity contribution is 5.95. The van der Waals surface area contributed by atoms with Gasteiger partial charge in [-0.15, -0.1) is 0 Å². The zero-order valence-electron chi connectivity index (χ0n) is 20.1. The van der Waals surface area contributed by atoms with Gasteiger partial charge in [-0.3, -0.25) is 9.78 Å². The van der Waals surface area contributed by atoms with Crippen molar-refractivity contribution in [3.8, 4) is 0 Å². The number of anilines is 1. The van der Waals surface area contributed by atoms with E-state index < -0.39 is 5.97 Å². The van der Waals surface area contributed by atoms with Crippen LogP contribution in [0, 0.1) is 0 Å². The summed E-state index contributed by atoms with van der Waals surface area (Å²) >= 11 is 0. The number of carbonyl (C=O) groups excluding carboxylic acids is 1. The normalized spacial score (nSPS) is 13.0. The minimum absolute atomic E-state index is 0.102. The van der Waals surface area contributed by atoms with Gasteiger partial charge in [0, 0.05) is 41.5 Å². The largest absolute Gasteiger partial charge is 0.478 e. The Morgan fingerprint density at radius 3 is 2.46 bits per heavy atom. The number of para-hydroxylation sites is 1. The van der Waals surface area contributed by atoms with Gasteiger partial charge >= 0.3 is 5.97 Å². The summed E-state index contributed by atoms with van der Waals surface area (Å²) in [6, 6.07) is 15.3. The molecule has 3 aromatic rings. The van der Waals surface area contributed by atoms with E-state index in [1.165, 1.54) is 41.2 Å². The van der Waals surface area contributed by atoms with Crippen LogP contribution in [-0.4, -0.2) is 35.1 Å². The molecule has 1 aromatic heterocycles. The predicted molar refractivity (Wildman–Crippen MR) is 141 cm³/mol. The molecule has 0 bridgehead atoms. The predicted octanol–water partition coefficient (Wildman–Crippen LogP) is 5.61. The number of hydrogen-bond donors (Lipinski definition) is 3. The van der Waals surface area contributed by atoms with Crippen molar-refractivity contribution in [1.82, 2.24) is 10.3 Å². The van der Waals surface area contributed by atoms with Gasteiger partial charge < -0.3 is 15.7 Å². The van der Waals surface area contributed by atoms with Crippen molar-refractivity contribution in [3.05, 3.63) is 77.0 Å². The van der Waals surface area contributed by atoms with Gasteiger partial charge in [0.05, 0.1) is 5.52 Å². The molecule has 35 heavy (non-hydrogen) atoms. The molecule has 0 aliphatic heterocycles. The van der Waals surface area contributed by atoms with Crippen LogP contribution in [0.5, 0.6) is 0 Å². The summed E-state index contributed by atoms with van der Waals surface area (Å²) in [5.41, 5.74) is 6.36. The molecule has 0 unspecified atom stereocenters. The van der Waals surface area contributed by atoms with E-state index in [1.54, 1.807) is 24.3 Å². The number of pyridine rings is 1. The number of nitrogens with zero attached hydrogens (tertiary/aromatic N) is 1. The third-order valence-corrected chi connectivity index (χ3v) is 6.45. The number of benzene rings is 2. The zero-order chi connectivity index (χ0) is 24.5. The number of nitrogens with one attached hydrogen (secondary N) is 2. The average molecular weight is 472 g/mol. The van der Waals surface area contributed by atoms with Gasteiger partial charge in [0.25, 0.3) is 5.91 Å². The monoisotopic (exact) mass is 471 g/mol. The SMILES string of the molecule is O=C(O)C=Cc1ccc(C(=O)NCCCCCCNc2c3c(nc4ccccc24)CCCC3)cc1. The molecule has 1 aliphatic carbocycles. The van der Waals surface area contributed by atoms with Crippen molar-refractivity contribution in [2.75, 3.05) is 18.4 Å². The molecule has 2 aromatic carbocycles. The summed E-state index contributed by atoms with van der Waals surface area (Å²) in [4.78, 5) is 27.8. The molecule has 0 atom stereocenters. The minimum Gasteiger partial charge on any atom is -0.478 e. The highest BCUT2D eigenvalue weighted by Crippen LogP contribution is 2.33. The second kappa shape index (κ2) is 12.2. The minimum atomic E-state index is -0.993. The van der Waals surface area contributed by atoms with Gasteiger partial charge in [-0.25, -0.2) is 4.79 Å². The molecule has 1 aliphatic rings. The molecule has 0 spiro atoms. The summed E-state index contributed by atoms with van der Waals surface area (Å²) in [6.45, 7) is 1.59. The molecule has 4 rings (SSSR count). The number of aryl methyl sites for hydroxylation is 1. The first-order valence-electron chi connectivity index (χ1n) is 12.6. The molecule has 182 valence electrons. The van der Waals surface area contributed by atoms with Crippen LogP contribution in [0.15, 0.2) is 54.6 Å². The van der Waals surface area contributed by atoms with Crippen LogP contribution in [0.4, 0.5) is 5.69 Å². The first-order chi connectivity index (χ1) is 17.1. The summed E-state index contributed by atoms with van der Waals surface area (Å²) in [5, 5.41) is 16.6. The number of aromatic nitrogens is 1. The number of rotatable bonds is 11. The maximum absolute atomic E-state index is 12.3. The van der Waals surface area contributed by atoms with Crippen LogP contribution >= 0.6 is 0 Å². The van der Waals surface area contributed by atoms with E-state index >= 15 is 0 Å². The fraction of sp³-hybridized carbons (Fsp3) is 0.345. The Bertz CT molecular complexity index is 1200. The number of carboxylic acids is 1. The van der Waals surface area contributed by atoms with Crippen LogP contribution in [0.3, 0.4) is 0 Å². The molecule has 1 heterocycles. The van der Waals surface area contributed by atoms with Crippen molar-refractivity contribution in [1.29, 1.82) is 0 Å². The molecule has 0 saturated carbocycles. The Kier molecular flexibility index (Phi) is 8.49. The van der Waals surface area contributed by atoms with E-state index in [9.17, 15) is 9.59 Å². The third kappa shape index (κ3) is 6.69. The lowest BCUT2D eigenvalue weighted by atomic mass is 9.92. The molecule has 0 radical (unpaired) electrons. The number of unbranched alkanes of at least 4 members (excludes halogenated alkanes) is 3. The molecular formula is C29H33N3O3. The zero-order valence-corrected chi connectivity index (χ0v) is 20.1. The van der Waals surface area contributed by atoms with E-state index in [2.05, 4.69) is 34.9 Å². The summed E-state index contributed by atoms with van der Waals surface area (Å²) in [7, 11) is 0. The quantitative estimate of drug-likeness (QED) is 0.250. The van der Waals surface area contributed by atoms with Gasteiger partial charge in [0.15, 0.2) is 0 Å². The Hall–Kier alpha value is -3.67. The first kappa shape index (κ1) is 24.5. The average Bonchev–Trinajstić information content (AvgIpc) is 2.88. The van der Waals surface area contributed by atoms with Crippen molar-refractivity contribution in [2.45, 2.75) is 51.4 Å². The highest BCUT2D eigenvalue weighted by atomic mass is 16.4. The van der Waals surface area contributed by atoms with Gasteiger partial charge in [-0.05, 0) is 73.9 Å². The second-order valence-electron chi connectivity index (χ2n) is 9.03. The van der Waals surface area contributed by atoms with Gasteiger partial charge in [0.1, 0.15) is 0 Å². The number of amides is 1. The molecule has 6 heteroatoms. The van der Waals surface area contributed by atoms with E-state index in [0.29, 0.717) is 12.1 Å². The molecule has 6 nitrogen and oxygen atoms in total. The van der Waals surface area contributed by atoms with Crippen LogP contribution < -0.4 is 10.6 Å². The highest BCUT2D eigenvalue weighted by Gasteiger charge is 2.17. The number of carbonyl (C=O) groups is 2. The van der Waals surface area contributed by atoms with Crippen LogP contribution in [0.1, 0.15) is 65.7 Å². The van der Waals surface area contributed by atoms with E-state index in [-0.39, 0.29) is 5.91 Å². The van der Waals surface area contributed by atoms with Crippen molar-refractivity contribution in [3.63, 3.8) is 0 Å². The van der Waals surface area contributed by atoms with Crippen molar-refractivity contribution in [2.24, 2.45) is 0 Å². The Balaban J connectivity index is 1.17. The summed E-state index contributed by atoms with van der Waals surface area (Å²) in [5.74, 6) is -1.10. The molecular weight excluding hydrogens is 438 g/mol. The summed E-state index contributed by atoms with van der Waals surface area (Å²) < 4.78 is 0. The Labute approximate surface area is 206 Å². The van der Waals surface area contributed by atoms with Crippen LogP contribution in [-0.2, 0) is 17.6 Å². The van der Waals surface area contributed by atoms with E-state index in [4.69, 9.17) is 10.1 Å². The Morgan fingerprint density at radius 2 is 1.66 bits per heavy atom. The van der Waals surface area contributed by atoms with Gasteiger partial charge in [-0.1, -0.05) is 43.2 Å². The maximum Gasteiger partial charge on any atom is 0.328 e.